The number of hydrogen-bond donors (Lipinski definition) is 0. The van der Waals surface area contributed by atoms with Gasteiger partial charge in [-0.1, -0.05) is 0 Å². The summed E-state index contributed by atoms with van der Waals surface area (Å²) >= 11 is -1.61. The molecule has 0 aromatic carbocycles. The van der Waals surface area contributed by atoms with Gasteiger partial charge in [-0.3, -0.25) is 0 Å². The summed E-state index contributed by atoms with van der Waals surface area (Å²) in [6.45, 7) is 0.895. The second kappa shape index (κ2) is 6.06. The molecule has 0 spiro atoms. The molecular formula is C6H4O7V. The van der Waals surface area contributed by atoms with Crippen LogP contribution in [-0.4, -0.2) is 28.2 Å². The molecule has 8 heteroatoms. The van der Waals surface area contributed by atoms with E-state index < -0.39 is 39.3 Å². The van der Waals surface area contributed by atoms with Crippen LogP contribution in [0.25, 0.3) is 0 Å². The van der Waals surface area contributed by atoms with Crippen LogP contribution in [0.4, 0.5) is 0 Å². The molecule has 0 radical (unpaired) electrons. The zero-order chi connectivity index (χ0) is 11.1. The van der Waals surface area contributed by atoms with Crippen molar-refractivity contribution in [1.29, 1.82) is 0 Å². The Balaban J connectivity index is 4.10. The predicted molar refractivity (Wildman–Crippen MR) is 34.6 cm³/mol. The molecule has 0 bridgehead atoms. The summed E-state index contributed by atoms with van der Waals surface area (Å²) in [6.07, 6.45) is 0. The molecule has 0 saturated heterocycles. The van der Waals surface area contributed by atoms with Crippen molar-refractivity contribution in [3.63, 3.8) is 0 Å². The summed E-state index contributed by atoms with van der Waals surface area (Å²) in [6, 6.07) is 0. The van der Waals surface area contributed by atoms with Gasteiger partial charge in [-0.05, 0) is 0 Å². The fourth-order valence-electron chi connectivity index (χ4n) is 0.276. The fourth-order valence-corrected chi connectivity index (χ4v) is 0.590. The zero-order valence-electron chi connectivity index (χ0n) is 6.88. The molecule has 75 valence electrons. The molecule has 0 atom stereocenters. The van der Waals surface area contributed by atoms with Crippen LogP contribution in [0.2, 0.25) is 0 Å². The molecule has 0 N–H and O–H groups in total. The maximum atomic E-state index is 10.5. The van der Waals surface area contributed by atoms with Crippen molar-refractivity contribution < 1.29 is 48.4 Å². The standard InChI is InChI=1S/C6H4O6.O.V/c1-3(7)5(9)11-12-6(10)4(2)8;;/h1H,2H3;;. The Morgan fingerprint density at radius 2 is 1.57 bits per heavy atom. The van der Waals surface area contributed by atoms with Gasteiger partial charge in [0.05, 0.1) is 0 Å². The normalized spacial score (nSPS) is 8.07. The van der Waals surface area contributed by atoms with Crippen LogP contribution in [0.3, 0.4) is 0 Å². The summed E-state index contributed by atoms with van der Waals surface area (Å²) in [5.41, 5.74) is 0. The van der Waals surface area contributed by atoms with Crippen molar-refractivity contribution in [3.8, 4) is 0 Å². The van der Waals surface area contributed by atoms with E-state index >= 15 is 0 Å². The molecule has 0 rings (SSSR count). The third-order valence-corrected chi connectivity index (χ3v) is 1.38. The van der Waals surface area contributed by atoms with Gasteiger partial charge in [-0.25, -0.2) is 0 Å². The molecule has 0 unspecified atom stereocenters. The maximum absolute atomic E-state index is 10.5. The molecule has 0 heterocycles. The Kier molecular flexibility index (Phi) is 5.42. The first kappa shape index (κ1) is 12.5. The summed E-state index contributed by atoms with van der Waals surface area (Å²) in [7, 11) is 0. The summed E-state index contributed by atoms with van der Waals surface area (Å²) in [4.78, 5) is 49.1. The van der Waals surface area contributed by atoms with E-state index in [2.05, 4.69) is 9.78 Å². The molecule has 0 aliphatic rings. The second-order valence-corrected chi connectivity index (χ2v) is 2.63. The van der Waals surface area contributed by atoms with Crippen LogP contribution >= 0.6 is 0 Å². The number of ketones is 2. The molecule has 0 amide bonds. The first-order valence-electron chi connectivity index (χ1n) is 3.12. The van der Waals surface area contributed by atoms with Gasteiger partial charge >= 0.3 is 83.6 Å². The van der Waals surface area contributed by atoms with Gasteiger partial charge in [0.1, 0.15) is 0 Å². The van der Waals surface area contributed by atoms with Crippen molar-refractivity contribution in [2.45, 2.75) is 6.92 Å². The van der Waals surface area contributed by atoms with Crippen LogP contribution in [0.5, 0.6) is 0 Å². The Morgan fingerprint density at radius 3 is 2.00 bits per heavy atom. The van der Waals surface area contributed by atoms with Gasteiger partial charge in [0.25, 0.3) is 0 Å². The number of hydrogen-bond acceptors (Lipinski definition) is 7. The Bertz CT molecular complexity index is 338. The molecule has 0 fully saturated rings. The number of carbonyl (C=O) groups excluding carboxylic acids is 4. The molecule has 0 aromatic heterocycles. The summed E-state index contributed by atoms with van der Waals surface area (Å²) in [5, 5.41) is 0. The summed E-state index contributed by atoms with van der Waals surface area (Å²) in [5.74, 6) is -5.09. The molecule has 0 aromatic rings. The minimum atomic E-state index is -1.61. The van der Waals surface area contributed by atoms with E-state index in [-0.39, 0.29) is 0 Å². The van der Waals surface area contributed by atoms with Gasteiger partial charge < -0.3 is 0 Å². The van der Waals surface area contributed by atoms with Crippen molar-refractivity contribution in [3.05, 3.63) is 0 Å². The first-order chi connectivity index (χ1) is 6.49. The van der Waals surface area contributed by atoms with E-state index in [1.807, 2.05) is 0 Å². The van der Waals surface area contributed by atoms with Crippen molar-refractivity contribution in [2.24, 2.45) is 0 Å². The van der Waals surface area contributed by atoms with E-state index in [1.165, 1.54) is 0 Å². The monoisotopic (exact) mass is 239 g/mol. The third-order valence-electron chi connectivity index (χ3n) is 0.852. The average molecular weight is 239 g/mol. The predicted octanol–water partition coefficient (Wildman–Crippen LogP) is -1.62. The molecule has 7 nitrogen and oxygen atoms in total. The zero-order valence-corrected chi connectivity index (χ0v) is 8.28. The van der Waals surface area contributed by atoms with Gasteiger partial charge in [-0.15, -0.1) is 0 Å². The van der Waals surface area contributed by atoms with E-state index in [0.717, 1.165) is 6.92 Å². The van der Waals surface area contributed by atoms with Crippen LogP contribution in [0.1, 0.15) is 6.92 Å². The van der Waals surface area contributed by atoms with Crippen LogP contribution in [0, 0.1) is 0 Å². The molecule has 0 aliphatic heterocycles. The Hall–Kier alpha value is -1.47. The fraction of sp³-hybridized carbons (Fsp3) is 0.167. The molecule has 0 saturated carbocycles. The molecule has 14 heavy (non-hydrogen) atoms. The van der Waals surface area contributed by atoms with Crippen molar-refractivity contribution in [1.82, 2.24) is 0 Å². The SMILES string of the molecule is CC(=O)C(=O)OOC(=O)C(=O)[CH]=[V]=[O]. The van der Waals surface area contributed by atoms with E-state index in [9.17, 15) is 22.9 Å². The second-order valence-electron chi connectivity index (χ2n) is 1.90. The van der Waals surface area contributed by atoms with E-state index in [4.69, 9.17) is 0 Å². The minimum absolute atomic E-state index is 0.598. The number of Topliss-reactive ketones (excluding diaryl/α,β-unsaturated/α-hetero) is 2. The van der Waals surface area contributed by atoms with Gasteiger partial charge in [0.2, 0.25) is 0 Å². The van der Waals surface area contributed by atoms with Crippen LogP contribution in [-0.2, 0) is 48.4 Å². The average Bonchev–Trinajstić information content (AvgIpc) is 2.13. The summed E-state index contributed by atoms with van der Waals surface area (Å²) < 4.78 is 10.5. The molecular weight excluding hydrogens is 235 g/mol. The first-order valence-corrected chi connectivity index (χ1v) is 4.50. The van der Waals surface area contributed by atoms with E-state index in [0.29, 0.717) is 4.73 Å². The molecule has 0 aliphatic carbocycles. The number of carbonyl (C=O) groups is 4. The van der Waals surface area contributed by atoms with Gasteiger partial charge in [-0.2, -0.15) is 0 Å². The Labute approximate surface area is 84.1 Å². The van der Waals surface area contributed by atoms with Gasteiger partial charge in [0, 0.05) is 0 Å². The number of rotatable bonds is 3. The quantitative estimate of drug-likeness (QED) is 0.331. The van der Waals surface area contributed by atoms with E-state index in [1.54, 1.807) is 0 Å². The van der Waals surface area contributed by atoms with Crippen molar-refractivity contribution in [2.75, 3.05) is 0 Å². The van der Waals surface area contributed by atoms with Gasteiger partial charge in [0.15, 0.2) is 0 Å². The van der Waals surface area contributed by atoms with Crippen molar-refractivity contribution >= 4 is 28.2 Å². The Morgan fingerprint density at radius 1 is 1.07 bits per heavy atom. The van der Waals surface area contributed by atoms with Crippen LogP contribution in [0.15, 0.2) is 0 Å². The topological polar surface area (TPSA) is 104 Å². The van der Waals surface area contributed by atoms with Crippen LogP contribution < -0.4 is 0 Å². The third kappa shape index (κ3) is 4.53.